The Labute approximate surface area is 158 Å². The number of likely N-dealkylation sites (tertiary alicyclic amines) is 1. The van der Waals surface area contributed by atoms with Crippen LogP contribution in [0.25, 0.3) is 11.0 Å². The first-order chi connectivity index (χ1) is 13.1. The number of rotatable bonds is 3. The molecule has 4 rings (SSSR count). The van der Waals surface area contributed by atoms with Crippen molar-refractivity contribution in [3.8, 4) is 0 Å². The molecule has 1 aliphatic rings. The Hall–Kier alpha value is -2.95. The van der Waals surface area contributed by atoms with Crippen molar-refractivity contribution in [3.63, 3.8) is 0 Å². The average Bonchev–Trinajstić information content (AvgIpc) is 2.71. The quantitative estimate of drug-likeness (QED) is 0.719. The molecule has 0 spiro atoms. The lowest BCUT2D eigenvalue weighted by molar-refractivity contribution is 0.0695. The summed E-state index contributed by atoms with van der Waals surface area (Å²) in [5.74, 6) is 0.462. The Bertz CT molecular complexity index is 1020. The van der Waals surface area contributed by atoms with Gasteiger partial charge in [0.05, 0.1) is 6.54 Å². The van der Waals surface area contributed by atoms with Crippen LogP contribution in [0.5, 0.6) is 0 Å². The van der Waals surface area contributed by atoms with Crippen LogP contribution in [0.2, 0.25) is 0 Å². The number of amides is 1. The summed E-state index contributed by atoms with van der Waals surface area (Å²) in [5.41, 5.74) is 1.58. The Kier molecular flexibility index (Phi) is 4.75. The molecule has 5 nitrogen and oxygen atoms in total. The molecule has 0 N–H and O–H groups in total. The van der Waals surface area contributed by atoms with E-state index in [1.54, 1.807) is 16.8 Å². The molecule has 1 aromatic carbocycles. The molecule has 0 radical (unpaired) electrons. The average molecular weight is 361 g/mol. The zero-order valence-corrected chi connectivity index (χ0v) is 15.5. The van der Waals surface area contributed by atoms with Gasteiger partial charge in [-0.2, -0.15) is 0 Å². The second kappa shape index (κ2) is 7.35. The fourth-order valence-corrected chi connectivity index (χ4v) is 3.65. The van der Waals surface area contributed by atoms with Crippen LogP contribution < -0.4 is 5.56 Å². The lowest BCUT2D eigenvalue weighted by Crippen LogP contribution is -2.41. The second-order valence-electron chi connectivity index (χ2n) is 7.33. The number of pyridine rings is 2. The number of piperidine rings is 1. The van der Waals surface area contributed by atoms with E-state index in [9.17, 15) is 9.59 Å². The van der Waals surface area contributed by atoms with Gasteiger partial charge in [-0.1, -0.05) is 37.3 Å². The predicted octanol–water partition coefficient (Wildman–Crippen LogP) is 3.32. The number of hydrogen-bond donors (Lipinski definition) is 0. The molecule has 1 fully saturated rings. The van der Waals surface area contributed by atoms with Crippen LogP contribution >= 0.6 is 0 Å². The van der Waals surface area contributed by atoms with E-state index in [1.165, 1.54) is 0 Å². The maximum absolute atomic E-state index is 13.2. The molecule has 0 saturated carbocycles. The largest absolute Gasteiger partial charge is 0.338 e. The van der Waals surface area contributed by atoms with Crippen molar-refractivity contribution in [2.45, 2.75) is 26.3 Å². The van der Waals surface area contributed by atoms with Crippen LogP contribution in [0.4, 0.5) is 0 Å². The van der Waals surface area contributed by atoms with Gasteiger partial charge in [-0.3, -0.25) is 14.2 Å². The standard InChI is InChI=1S/C22H23N3O2/c1-16-9-12-24(13-10-16)21(26)19-14-18-8-5-11-23-20(18)25(22(19)27)15-17-6-3-2-4-7-17/h2-8,11,14,16H,9-10,12-13,15H2,1H3. The third-order valence-electron chi connectivity index (χ3n) is 5.33. The molecule has 2 aromatic heterocycles. The number of fused-ring (bicyclic) bond motifs is 1. The van der Waals surface area contributed by atoms with Crippen LogP contribution in [0, 0.1) is 5.92 Å². The molecule has 0 bridgehead atoms. The first-order valence-electron chi connectivity index (χ1n) is 9.45. The molecule has 1 aliphatic heterocycles. The van der Waals surface area contributed by atoms with E-state index in [0.717, 1.165) is 23.8 Å². The van der Waals surface area contributed by atoms with Gasteiger partial charge < -0.3 is 4.90 Å². The smallest absolute Gasteiger partial charge is 0.265 e. The highest BCUT2D eigenvalue weighted by Gasteiger charge is 2.25. The van der Waals surface area contributed by atoms with Crippen LogP contribution in [0.15, 0.2) is 59.5 Å². The summed E-state index contributed by atoms with van der Waals surface area (Å²) < 4.78 is 1.62. The van der Waals surface area contributed by atoms with Crippen LogP contribution in [0.1, 0.15) is 35.7 Å². The molecule has 0 atom stereocenters. The van der Waals surface area contributed by atoms with Gasteiger partial charge in [-0.05, 0) is 42.5 Å². The summed E-state index contributed by atoms with van der Waals surface area (Å²) >= 11 is 0. The Morgan fingerprint density at radius 1 is 1.11 bits per heavy atom. The van der Waals surface area contributed by atoms with Gasteiger partial charge in [0.1, 0.15) is 11.2 Å². The van der Waals surface area contributed by atoms with Gasteiger partial charge in [-0.25, -0.2) is 4.98 Å². The molecule has 0 unspecified atom stereocenters. The van der Waals surface area contributed by atoms with Gasteiger partial charge in [0.25, 0.3) is 11.5 Å². The van der Waals surface area contributed by atoms with Gasteiger partial charge in [0, 0.05) is 24.7 Å². The van der Waals surface area contributed by atoms with Gasteiger partial charge in [-0.15, -0.1) is 0 Å². The minimum Gasteiger partial charge on any atom is -0.338 e. The molecule has 138 valence electrons. The van der Waals surface area contributed by atoms with Crippen molar-refractivity contribution in [2.24, 2.45) is 5.92 Å². The number of aromatic nitrogens is 2. The first kappa shape index (κ1) is 17.5. The summed E-state index contributed by atoms with van der Waals surface area (Å²) in [6.07, 6.45) is 3.65. The molecular weight excluding hydrogens is 338 g/mol. The minimum absolute atomic E-state index is 0.167. The van der Waals surface area contributed by atoms with Crippen LogP contribution in [0.3, 0.4) is 0 Å². The summed E-state index contributed by atoms with van der Waals surface area (Å²) in [6, 6.07) is 15.2. The van der Waals surface area contributed by atoms with Crippen molar-refractivity contribution >= 4 is 16.9 Å². The van der Waals surface area contributed by atoms with Crippen molar-refractivity contribution < 1.29 is 4.79 Å². The van der Waals surface area contributed by atoms with Crippen molar-refractivity contribution in [3.05, 3.63) is 76.2 Å². The second-order valence-corrected chi connectivity index (χ2v) is 7.33. The summed E-state index contributed by atoms with van der Waals surface area (Å²) in [6.45, 7) is 4.02. The molecule has 3 aromatic rings. The fraction of sp³-hybridized carbons (Fsp3) is 0.318. The fourth-order valence-electron chi connectivity index (χ4n) is 3.65. The van der Waals surface area contributed by atoms with Gasteiger partial charge in [0.2, 0.25) is 0 Å². The van der Waals surface area contributed by atoms with E-state index in [4.69, 9.17) is 0 Å². The molecule has 1 saturated heterocycles. The highest BCUT2D eigenvalue weighted by molar-refractivity contribution is 5.97. The monoisotopic (exact) mass is 361 g/mol. The predicted molar refractivity (Wildman–Crippen MR) is 106 cm³/mol. The lowest BCUT2D eigenvalue weighted by Gasteiger charge is -2.30. The molecule has 5 heteroatoms. The number of carbonyl (C=O) groups excluding carboxylic acids is 1. The maximum Gasteiger partial charge on any atom is 0.265 e. The highest BCUT2D eigenvalue weighted by atomic mass is 16.2. The SMILES string of the molecule is CC1CCN(C(=O)c2cc3cccnc3n(Cc3ccccc3)c2=O)CC1. The molecular formula is C22H23N3O2. The normalized spacial score (nSPS) is 15.2. The summed E-state index contributed by atoms with van der Waals surface area (Å²) in [5, 5.41) is 0.807. The van der Waals surface area contributed by atoms with Gasteiger partial charge >= 0.3 is 0 Å². The summed E-state index contributed by atoms with van der Waals surface area (Å²) in [4.78, 5) is 32.5. The summed E-state index contributed by atoms with van der Waals surface area (Å²) in [7, 11) is 0. The lowest BCUT2D eigenvalue weighted by atomic mass is 9.98. The van der Waals surface area contributed by atoms with Crippen LogP contribution in [-0.2, 0) is 6.54 Å². The molecule has 3 heterocycles. The van der Waals surface area contributed by atoms with Gasteiger partial charge in [0.15, 0.2) is 0 Å². The van der Waals surface area contributed by atoms with E-state index in [-0.39, 0.29) is 17.0 Å². The van der Waals surface area contributed by atoms with E-state index in [2.05, 4.69) is 11.9 Å². The number of nitrogens with zero attached hydrogens (tertiary/aromatic N) is 3. The third-order valence-corrected chi connectivity index (χ3v) is 5.33. The van der Waals surface area contributed by atoms with Crippen LogP contribution in [-0.4, -0.2) is 33.4 Å². The van der Waals surface area contributed by atoms with E-state index < -0.39 is 0 Å². The minimum atomic E-state index is -0.270. The number of carbonyl (C=O) groups is 1. The van der Waals surface area contributed by atoms with E-state index in [1.807, 2.05) is 47.4 Å². The van der Waals surface area contributed by atoms with Crippen molar-refractivity contribution in [1.29, 1.82) is 0 Å². The Morgan fingerprint density at radius 3 is 2.59 bits per heavy atom. The maximum atomic E-state index is 13.2. The van der Waals surface area contributed by atoms with E-state index >= 15 is 0 Å². The third kappa shape index (κ3) is 3.50. The Balaban J connectivity index is 1.79. The molecule has 0 aliphatic carbocycles. The topological polar surface area (TPSA) is 55.2 Å². The number of benzene rings is 1. The first-order valence-corrected chi connectivity index (χ1v) is 9.45. The molecule has 1 amide bonds. The van der Waals surface area contributed by atoms with Crippen molar-refractivity contribution in [1.82, 2.24) is 14.5 Å². The van der Waals surface area contributed by atoms with Crippen molar-refractivity contribution in [2.75, 3.05) is 13.1 Å². The zero-order valence-electron chi connectivity index (χ0n) is 15.5. The Morgan fingerprint density at radius 2 is 1.85 bits per heavy atom. The molecule has 27 heavy (non-hydrogen) atoms. The number of hydrogen-bond acceptors (Lipinski definition) is 3. The highest BCUT2D eigenvalue weighted by Crippen LogP contribution is 2.19. The van der Waals surface area contributed by atoms with E-state index in [0.29, 0.717) is 31.2 Å². The zero-order chi connectivity index (χ0) is 18.8.